The Balaban J connectivity index is 3.46. The van der Waals surface area contributed by atoms with Gasteiger partial charge in [0.2, 0.25) is 5.91 Å². The summed E-state index contributed by atoms with van der Waals surface area (Å²) in [5.41, 5.74) is -1.25. The number of hydrogen-bond donors (Lipinski definition) is 2. The Hall–Kier alpha value is -0.900. The molecule has 0 spiro atoms. The van der Waals surface area contributed by atoms with Crippen LogP contribution in [-0.4, -0.2) is 28.9 Å². The van der Waals surface area contributed by atoms with E-state index in [4.69, 9.17) is 0 Å². The molecule has 2 N–H and O–H groups in total. The normalized spacial score (nSPS) is 11.4. The Bertz CT molecular complexity index is 269. The van der Waals surface area contributed by atoms with Gasteiger partial charge in [0.25, 0.3) is 0 Å². The average Bonchev–Trinajstić information content (AvgIpc) is 2.33. The fourth-order valence-electron chi connectivity index (χ4n) is 1.74. The van der Waals surface area contributed by atoms with E-state index in [1.807, 2.05) is 0 Å². The van der Waals surface area contributed by atoms with Crippen LogP contribution in [0.3, 0.4) is 0 Å². The van der Waals surface area contributed by atoms with Gasteiger partial charge in [0.15, 0.2) is 5.78 Å². The van der Waals surface area contributed by atoms with E-state index in [0.29, 0.717) is 25.7 Å². The zero-order chi connectivity index (χ0) is 14.7. The van der Waals surface area contributed by atoms with Gasteiger partial charge in [-0.2, -0.15) is 0 Å². The molecule has 0 rings (SSSR count). The van der Waals surface area contributed by atoms with Gasteiger partial charge in [-0.05, 0) is 33.1 Å². The summed E-state index contributed by atoms with van der Waals surface area (Å²) in [5.74, 6) is -0.0975. The number of aliphatic hydroxyl groups is 1. The molecule has 0 aromatic carbocycles. The summed E-state index contributed by atoms with van der Waals surface area (Å²) in [7, 11) is 0. The lowest BCUT2D eigenvalue weighted by molar-refractivity contribution is -0.134. The molecule has 0 heterocycles. The van der Waals surface area contributed by atoms with Crippen LogP contribution in [0.15, 0.2) is 0 Å². The quantitative estimate of drug-likeness (QED) is 0.568. The van der Waals surface area contributed by atoms with Crippen LogP contribution < -0.4 is 5.32 Å². The lowest BCUT2D eigenvalue weighted by Gasteiger charge is -2.14. The van der Waals surface area contributed by atoms with E-state index in [1.54, 1.807) is 0 Å². The largest absolute Gasteiger partial charge is 0.383 e. The standard InChI is InChI=1S/C15H29NO3/c1-4-5-6-9-12-16-14(18)11-8-7-10-13(17)15(2,3)19/h19H,4-12H2,1-3H3,(H,16,18). The highest BCUT2D eigenvalue weighted by atomic mass is 16.3. The van der Waals surface area contributed by atoms with Crippen molar-refractivity contribution in [3.8, 4) is 0 Å². The van der Waals surface area contributed by atoms with Gasteiger partial charge >= 0.3 is 0 Å². The van der Waals surface area contributed by atoms with Gasteiger partial charge < -0.3 is 10.4 Å². The maximum Gasteiger partial charge on any atom is 0.219 e. The Kier molecular flexibility index (Phi) is 9.48. The molecule has 0 fully saturated rings. The summed E-state index contributed by atoms with van der Waals surface area (Å²) in [5, 5.41) is 12.3. The van der Waals surface area contributed by atoms with E-state index < -0.39 is 5.60 Å². The molecular formula is C15H29NO3. The van der Waals surface area contributed by atoms with E-state index in [0.717, 1.165) is 19.4 Å². The van der Waals surface area contributed by atoms with Crippen molar-refractivity contribution in [3.63, 3.8) is 0 Å². The van der Waals surface area contributed by atoms with Crippen molar-refractivity contribution in [2.75, 3.05) is 6.54 Å². The molecule has 0 aromatic rings. The average molecular weight is 271 g/mol. The Morgan fingerprint density at radius 3 is 2.21 bits per heavy atom. The first-order chi connectivity index (χ1) is 8.88. The summed E-state index contributed by atoms with van der Waals surface area (Å²) >= 11 is 0. The smallest absolute Gasteiger partial charge is 0.219 e. The second-order valence-electron chi connectivity index (χ2n) is 5.60. The molecular weight excluding hydrogens is 242 g/mol. The minimum Gasteiger partial charge on any atom is -0.383 e. The number of unbranched alkanes of at least 4 members (excludes halogenated alkanes) is 4. The van der Waals surface area contributed by atoms with Crippen LogP contribution >= 0.6 is 0 Å². The summed E-state index contributed by atoms with van der Waals surface area (Å²) in [6.07, 6.45) is 6.78. The third-order valence-corrected chi connectivity index (χ3v) is 3.09. The molecule has 0 aromatic heterocycles. The van der Waals surface area contributed by atoms with Crippen LogP contribution in [0.4, 0.5) is 0 Å². The Labute approximate surface area is 117 Å². The molecule has 0 aliphatic carbocycles. The first-order valence-corrected chi connectivity index (χ1v) is 7.40. The number of nitrogens with one attached hydrogen (secondary N) is 1. The molecule has 112 valence electrons. The van der Waals surface area contributed by atoms with Gasteiger partial charge in [0, 0.05) is 19.4 Å². The van der Waals surface area contributed by atoms with Gasteiger partial charge in [0.05, 0.1) is 0 Å². The SMILES string of the molecule is CCCCCCNC(=O)CCCCC(=O)C(C)(C)O. The van der Waals surface area contributed by atoms with Crippen LogP contribution in [0.25, 0.3) is 0 Å². The van der Waals surface area contributed by atoms with Crippen molar-refractivity contribution >= 4 is 11.7 Å². The molecule has 0 aliphatic heterocycles. The first kappa shape index (κ1) is 18.1. The number of amides is 1. The third-order valence-electron chi connectivity index (χ3n) is 3.09. The molecule has 0 atom stereocenters. The minimum atomic E-state index is -1.25. The van der Waals surface area contributed by atoms with Crippen molar-refractivity contribution in [2.45, 2.75) is 77.7 Å². The molecule has 0 aliphatic rings. The topological polar surface area (TPSA) is 66.4 Å². The lowest BCUT2D eigenvalue weighted by Crippen LogP contribution is -2.30. The fraction of sp³-hybridized carbons (Fsp3) is 0.867. The predicted molar refractivity (Wildman–Crippen MR) is 76.9 cm³/mol. The highest BCUT2D eigenvalue weighted by molar-refractivity contribution is 5.86. The molecule has 0 saturated heterocycles. The molecule has 0 radical (unpaired) electrons. The van der Waals surface area contributed by atoms with Gasteiger partial charge in [-0.25, -0.2) is 0 Å². The summed E-state index contributed by atoms with van der Waals surface area (Å²) in [6, 6.07) is 0. The number of ketones is 1. The number of carbonyl (C=O) groups excluding carboxylic acids is 2. The monoisotopic (exact) mass is 271 g/mol. The third kappa shape index (κ3) is 10.7. The van der Waals surface area contributed by atoms with Crippen LogP contribution in [0.2, 0.25) is 0 Å². The van der Waals surface area contributed by atoms with Crippen molar-refractivity contribution in [1.29, 1.82) is 0 Å². The zero-order valence-electron chi connectivity index (χ0n) is 12.6. The fourth-order valence-corrected chi connectivity index (χ4v) is 1.74. The molecule has 19 heavy (non-hydrogen) atoms. The Morgan fingerprint density at radius 2 is 1.63 bits per heavy atom. The predicted octanol–water partition coefficient (Wildman–Crippen LogP) is 2.58. The number of rotatable bonds is 11. The van der Waals surface area contributed by atoms with Crippen molar-refractivity contribution < 1.29 is 14.7 Å². The van der Waals surface area contributed by atoms with Gasteiger partial charge in [-0.15, -0.1) is 0 Å². The van der Waals surface area contributed by atoms with Gasteiger partial charge in [-0.1, -0.05) is 26.2 Å². The second kappa shape index (κ2) is 9.96. The first-order valence-electron chi connectivity index (χ1n) is 7.40. The highest BCUT2D eigenvalue weighted by Gasteiger charge is 2.22. The van der Waals surface area contributed by atoms with Crippen LogP contribution in [0.1, 0.15) is 72.1 Å². The van der Waals surface area contributed by atoms with Crippen LogP contribution in [0.5, 0.6) is 0 Å². The molecule has 0 saturated carbocycles. The van der Waals surface area contributed by atoms with Crippen LogP contribution in [0, 0.1) is 0 Å². The van der Waals surface area contributed by atoms with E-state index in [9.17, 15) is 14.7 Å². The molecule has 0 unspecified atom stereocenters. The van der Waals surface area contributed by atoms with Crippen molar-refractivity contribution in [1.82, 2.24) is 5.32 Å². The van der Waals surface area contributed by atoms with Crippen molar-refractivity contribution in [3.05, 3.63) is 0 Å². The van der Waals surface area contributed by atoms with E-state index in [-0.39, 0.29) is 11.7 Å². The summed E-state index contributed by atoms with van der Waals surface area (Å²) < 4.78 is 0. The lowest BCUT2D eigenvalue weighted by atomic mass is 9.98. The van der Waals surface area contributed by atoms with Crippen molar-refractivity contribution in [2.24, 2.45) is 0 Å². The maximum atomic E-state index is 11.5. The second-order valence-corrected chi connectivity index (χ2v) is 5.60. The minimum absolute atomic E-state index is 0.0622. The van der Waals surface area contributed by atoms with Crippen LogP contribution in [-0.2, 0) is 9.59 Å². The summed E-state index contributed by atoms with van der Waals surface area (Å²) in [6.45, 7) is 5.91. The number of hydrogen-bond acceptors (Lipinski definition) is 3. The number of Topliss-reactive ketones (excluding diaryl/α,β-unsaturated/α-hetero) is 1. The van der Waals surface area contributed by atoms with Gasteiger partial charge in [0.1, 0.15) is 5.60 Å². The molecule has 1 amide bonds. The van der Waals surface area contributed by atoms with Gasteiger partial charge in [-0.3, -0.25) is 9.59 Å². The van der Waals surface area contributed by atoms with E-state index in [2.05, 4.69) is 12.2 Å². The van der Waals surface area contributed by atoms with E-state index >= 15 is 0 Å². The van der Waals surface area contributed by atoms with E-state index in [1.165, 1.54) is 26.7 Å². The highest BCUT2D eigenvalue weighted by Crippen LogP contribution is 2.10. The molecule has 4 heteroatoms. The molecule has 0 bridgehead atoms. The zero-order valence-corrected chi connectivity index (χ0v) is 12.6. The maximum absolute atomic E-state index is 11.5. The molecule has 4 nitrogen and oxygen atoms in total. The Morgan fingerprint density at radius 1 is 1.00 bits per heavy atom. The number of carbonyl (C=O) groups is 2. The summed E-state index contributed by atoms with van der Waals surface area (Å²) in [4.78, 5) is 22.9.